The molecule has 0 saturated heterocycles. The van der Waals surface area contributed by atoms with Crippen molar-refractivity contribution in [2.45, 2.75) is 0 Å². The van der Waals surface area contributed by atoms with Crippen LogP contribution in [0.5, 0.6) is 0 Å². The van der Waals surface area contributed by atoms with Crippen molar-refractivity contribution in [1.29, 1.82) is 5.26 Å². The van der Waals surface area contributed by atoms with E-state index in [-0.39, 0.29) is 16.9 Å². The van der Waals surface area contributed by atoms with E-state index >= 15 is 0 Å². The molecule has 0 aliphatic heterocycles. The molecule has 0 fully saturated rings. The minimum absolute atomic E-state index is 0.0566. The molecule has 9 heteroatoms. The number of rotatable bonds is 4. The number of anilines is 1. The number of methoxy groups -OCH3 is 1. The molecule has 0 atom stereocenters. The van der Waals surface area contributed by atoms with Gasteiger partial charge in [-0.05, 0) is 24.3 Å². The first-order valence-corrected chi connectivity index (χ1v) is 7.38. The summed E-state index contributed by atoms with van der Waals surface area (Å²) in [5.74, 6) is -0.683. The largest absolute Gasteiger partial charge is 0.465 e. The summed E-state index contributed by atoms with van der Waals surface area (Å²) < 4.78 is 6.28. The van der Waals surface area contributed by atoms with Gasteiger partial charge in [-0.25, -0.2) is 4.79 Å². The Bertz CT molecular complexity index is 1000. The van der Waals surface area contributed by atoms with Crippen LogP contribution in [-0.4, -0.2) is 38.7 Å². The number of aromatic nitrogens is 4. The maximum atomic E-state index is 12.3. The van der Waals surface area contributed by atoms with Gasteiger partial charge in [-0.15, -0.1) is 10.2 Å². The smallest absolute Gasteiger partial charge is 0.340 e. The fourth-order valence-electron chi connectivity index (χ4n) is 2.16. The Hall–Kier alpha value is -4.06. The molecule has 0 saturated carbocycles. The number of nitriles is 1. The molecule has 128 valence electrons. The predicted molar refractivity (Wildman–Crippen MR) is 89.6 cm³/mol. The van der Waals surface area contributed by atoms with Gasteiger partial charge in [0.05, 0.1) is 30.1 Å². The van der Waals surface area contributed by atoms with Gasteiger partial charge in [-0.1, -0.05) is 0 Å². The first kappa shape index (κ1) is 16.8. The summed E-state index contributed by atoms with van der Waals surface area (Å²) in [5.41, 5.74) is 0.928. The minimum Gasteiger partial charge on any atom is -0.465 e. The zero-order chi connectivity index (χ0) is 18.5. The molecule has 1 N–H and O–H groups in total. The highest BCUT2D eigenvalue weighted by Gasteiger charge is 2.16. The SMILES string of the molecule is COC(=O)c1ccncc1NC(=O)c1ccc(-n2ccc(C#N)c2)nn1. The van der Waals surface area contributed by atoms with E-state index in [1.54, 1.807) is 29.1 Å². The van der Waals surface area contributed by atoms with Gasteiger partial charge in [0, 0.05) is 18.6 Å². The maximum Gasteiger partial charge on any atom is 0.340 e. The van der Waals surface area contributed by atoms with E-state index in [1.807, 2.05) is 6.07 Å². The molecule has 0 unspecified atom stereocenters. The molecule has 0 radical (unpaired) electrons. The molecule has 1 amide bonds. The average Bonchev–Trinajstić information content (AvgIpc) is 3.17. The van der Waals surface area contributed by atoms with Crippen LogP contribution in [-0.2, 0) is 4.74 Å². The lowest BCUT2D eigenvalue weighted by molar-refractivity contribution is 0.0602. The number of carbonyl (C=O) groups is 2. The summed E-state index contributed by atoms with van der Waals surface area (Å²) in [6.45, 7) is 0. The predicted octanol–water partition coefficient (Wildman–Crippen LogP) is 1.57. The third-order valence-electron chi connectivity index (χ3n) is 3.44. The minimum atomic E-state index is -0.593. The third-order valence-corrected chi connectivity index (χ3v) is 3.44. The number of nitrogens with zero attached hydrogens (tertiary/aromatic N) is 5. The molecule has 3 aromatic heterocycles. The monoisotopic (exact) mass is 348 g/mol. The van der Waals surface area contributed by atoms with Crippen LogP contribution in [0.1, 0.15) is 26.4 Å². The highest BCUT2D eigenvalue weighted by molar-refractivity contribution is 6.06. The number of hydrogen-bond acceptors (Lipinski definition) is 7. The number of esters is 1. The molecule has 0 aromatic carbocycles. The molecule has 3 aromatic rings. The molecule has 26 heavy (non-hydrogen) atoms. The summed E-state index contributed by atoms with van der Waals surface area (Å²) in [7, 11) is 1.25. The Kier molecular flexibility index (Phi) is 4.67. The summed E-state index contributed by atoms with van der Waals surface area (Å²) >= 11 is 0. The summed E-state index contributed by atoms with van der Waals surface area (Å²) in [4.78, 5) is 27.9. The van der Waals surface area contributed by atoms with Gasteiger partial charge in [-0.3, -0.25) is 9.78 Å². The molecule has 3 rings (SSSR count). The third kappa shape index (κ3) is 3.39. The van der Waals surface area contributed by atoms with Gasteiger partial charge in [0.25, 0.3) is 5.91 Å². The Morgan fingerprint density at radius 3 is 2.73 bits per heavy atom. The summed E-state index contributed by atoms with van der Waals surface area (Å²) in [6.07, 6.45) is 6.03. The van der Waals surface area contributed by atoms with Crippen LogP contribution in [0.25, 0.3) is 5.82 Å². The van der Waals surface area contributed by atoms with Gasteiger partial charge in [0.1, 0.15) is 6.07 Å². The molecular formula is C17H12N6O3. The molecule has 3 heterocycles. The second-order valence-electron chi connectivity index (χ2n) is 5.06. The fraction of sp³-hybridized carbons (Fsp3) is 0.0588. The van der Waals surface area contributed by atoms with Crippen molar-refractivity contribution in [3.63, 3.8) is 0 Å². The van der Waals surface area contributed by atoms with Crippen molar-refractivity contribution < 1.29 is 14.3 Å². The molecular weight excluding hydrogens is 336 g/mol. The van der Waals surface area contributed by atoms with E-state index in [4.69, 9.17) is 5.26 Å². The molecule has 0 spiro atoms. The lowest BCUT2D eigenvalue weighted by atomic mass is 10.2. The highest BCUT2D eigenvalue weighted by atomic mass is 16.5. The van der Waals surface area contributed by atoms with Crippen LogP contribution < -0.4 is 5.32 Å². The first-order valence-electron chi connectivity index (χ1n) is 7.38. The summed E-state index contributed by atoms with van der Waals surface area (Å²) in [6, 6.07) is 8.17. The molecule has 0 aliphatic carbocycles. The van der Waals surface area contributed by atoms with E-state index in [2.05, 4.69) is 25.2 Å². The number of ether oxygens (including phenoxy) is 1. The van der Waals surface area contributed by atoms with Crippen molar-refractivity contribution >= 4 is 17.6 Å². The number of amides is 1. The van der Waals surface area contributed by atoms with E-state index in [0.29, 0.717) is 11.4 Å². The van der Waals surface area contributed by atoms with Crippen LogP contribution in [0.15, 0.2) is 49.1 Å². The maximum absolute atomic E-state index is 12.3. The van der Waals surface area contributed by atoms with Gasteiger partial charge < -0.3 is 14.6 Å². The fourth-order valence-corrected chi connectivity index (χ4v) is 2.16. The lowest BCUT2D eigenvalue weighted by Crippen LogP contribution is -2.17. The van der Waals surface area contributed by atoms with E-state index < -0.39 is 11.9 Å². The van der Waals surface area contributed by atoms with Gasteiger partial charge in [0.15, 0.2) is 11.5 Å². The van der Waals surface area contributed by atoms with Crippen molar-refractivity contribution in [2.75, 3.05) is 12.4 Å². The average molecular weight is 348 g/mol. The van der Waals surface area contributed by atoms with Gasteiger partial charge in [-0.2, -0.15) is 5.26 Å². The number of hydrogen-bond donors (Lipinski definition) is 1. The zero-order valence-corrected chi connectivity index (χ0v) is 13.6. The van der Waals surface area contributed by atoms with Crippen LogP contribution >= 0.6 is 0 Å². The van der Waals surface area contributed by atoms with Crippen LogP contribution in [0, 0.1) is 11.3 Å². The second kappa shape index (κ2) is 7.23. The van der Waals surface area contributed by atoms with Gasteiger partial charge >= 0.3 is 5.97 Å². The van der Waals surface area contributed by atoms with Crippen LogP contribution in [0.3, 0.4) is 0 Å². The van der Waals surface area contributed by atoms with Crippen molar-refractivity contribution in [2.24, 2.45) is 0 Å². The Labute approximate surface area is 147 Å². The quantitative estimate of drug-likeness (QED) is 0.710. The number of carbonyl (C=O) groups excluding carboxylic acids is 2. The normalized spacial score (nSPS) is 10.0. The first-order chi connectivity index (χ1) is 12.6. The van der Waals surface area contributed by atoms with Crippen LogP contribution in [0.2, 0.25) is 0 Å². The lowest BCUT2D eigenvalue weighted by Gasteiger charge is -2.08. The Balaban J connectivity index is 1.79. The van der Waals surface area contributed by atoms with E-state index in [0.717, 1.165) is 0 Å². The van der Waals surface area contributed by atoms with E-state index in [1.165, 1.54) is 31.6 Å². The number of pyridine rings is 1. The number of nitrogens with one attached hydrogen (secondary N) is 1. The van der Waals surface area contributed by atoms with Crippen molar-refractivity contribution in [1.82, 2.24) is 19.7 Å². The Morgan fingerprint density at radius 2 is 2.08 bits per heavy atom. The van der Waals surface area contributed by atoms with Crippen LogP contribution in [0.4, 0.5) is 5.69 Å². The van der Waals surface area contributed by atoms with Crippen molar-refractivity contribution in [3.8, 4) is 11.9 Å². The zero-order valence-electron chi connectivity index (χ0n) is 13.6. The molecule has 9 nitrogen and oxygen atoms in total. The van der Waals surface area contributed by atoms with Crippen molar-refractivity contribution in [3.05, 3.63) is 65.9 Å². The van der Waals surface area contributed by atoms with Gasteiger partial charge in [0.2, 0.25) is 0 Å². The summed E-state index contributed by atoms with van der Waals surface area (Å²) in [5, 5.41) is 19.3. The molecule has 0 bridgehead atoms. The standard InChI is InChI=1S/C17H12N6O3/c1-26-17(25)12-4-6-19-9-14(12)20-16(24)13-2-3-15(22-21-13)23-7-5-11(8-18)10-23/h2-7,9-10H,1H3,(H,20,24). The Morgan fingerprint density at radius 1 is 1.23 bits per heavy atom. The molecule has 0 aliphatic rings. The van der Waals surface area contributed by atoms with E-state index in [9.17, 15) is 9.59 Å². The second-order valence-corrected chi connectivity index (χ2v) is 5.06. The topological polar surface area (TPSA) is 123 Å². The highest BCUT2D eigenvalue weighted by Crippen LogP contribution is 2.15.